The van der Waals surface area contributed by atoms with Gasteiger partial charge >= 0.3 is 0 Å². The molecule has 0 saturated heterocycles. The van der Waals surface area contributed by atoms with Crippen molar-refractivity contribution < 1.29 is 0 Å². The Bertz CT molecular complexity index is 1130. The Morgan fingerprint density at radius 3 is 1.93 bits per heavy atom. The molecule has 0 amide bonds. The number of aromatic nitrogens is 2. The van der Waals surface area contributed by atoms with Gasteiger partial charge in [-0.2, -0.15) is 0 Å². The Kier molecular flexibility index (Phi) is 5.92. The molecule has 0 aliphatic rings. The summed E-state index contributed by atoms with van der Waals surface area (Å²) >= 11 is 3.66. The number of imidazole rings is 1. The van der Waals surface area contributed by atoms with E-state index in [1.54, 1.807) is 0 Å². The first kappa shape index (κ1) is 20.6. The number of para-hydroxylation sites is 1. The SMILES string of the molecule is CC(C)c1cccc(C(C)C)c1-n1ccnc1-c1ccc(-c2ccccc2Br)cc1. The van der Waals surface area contributed by atoms with Gasteiger partial charge in [0.1, 0.15) is 5.82 Å². The third kappa shape index (κ3) is 3.87. The van der Waals surface area contributed by atoms with Gasteiger partial charge in [-0.15, -0.1) is 0 Å². The van der Waals surface area contributed by atoms with Gasteiger partial charge in [-0.05, 0) is 40.2 Å². The number of nitrogens with zero attached hydrogens (tertiary/aromatic N) is 2. The normalized spacial score (nSPS) is 11.4. The Hall–Kier alpha value is -2.65. The first-order valence-corrected chi connectivity index (χ1v) is 11.3. The van der Waals surface area contributed by atoms with E-state index in [4.69, 9.17) is 4.98 Å². The summed E-state index contributed by atoms with van der Waals surface area (Å²) in [6.45, 7) is 9.02. The van der Waals surface area contributed by atoms with Crippen molar-refractivity contribution in [2.45, 2.75) is 39.5 Å². The maximum atomic E-state index is 4.74. The quantitative estimate of drug-likeness (QED) is 0.294. The van der Waals surface area contributed by atoms with Crippen molar-refractivity contribution in [3.63, 3.8) is 0 Å². The number of hydrogen-bond acceptors (Lipinski definition) is 1. The van der Waals surface area contributed by atoms with Crippen LogP contribution in [0.1, 0.15) is 50.7 Å². The molecule has 4 rings (SSSR count). The lowest BCUT2D eigenvalue weighted by Crippen LogP contribution is -2.07. The van der Waals surface area contributed by atoms with Gasteiger partial charge in [0.15, 0.2) is 0 Å². The molecule has 30 heavy (non-hydrogen) atoms. The highest BCUT2D eigenvalue weighted by Gasteiger charge is 2.18. The van der Waals surface area contributed by atoms with Gasteiger partial charge in [-0.25, -0.2) is 4.98 Å². The second-order valence-corrected chi connectivity index (χ2v) is 9.13. The van der Waals surface area contributed by atoms with E-state index in [1.165, 1.54) is 27.9 Å². The maximum Gasteiger partial charge on any atom is 0.144 e. The van der Waals surface area contributed by atoms with Gasteiger partial charge in [-0.3, -0.25) is 4.57 Å². The fourth-order valence-corrected chi connectivity index (χ4v) is 4.50. The Morgan fingerprint density at radius 2 is 1.33 bits per heavy atom. The molecule has 0 bridgehead atoms. The van der Waals surface area contributed by atoms with E-state index in [2.05, 4.69) is 115 Å². The van der Waals surface area contributed by atoms with Crippen LogP contribution in [0.3, 0.4) is 0 Å². The van der Waals surface area contributed by atoms with E-state index in [0.717, 1.165) is 15.9 Å². The molecule has 0 spiro atoms. The molecule has 0 unspecified atom stereocenters. The third-order valence-electron chi connectivity index (χ3n) is 5.55. The van der Waals surface area contributed by atoms with Crippen LogP contribution >= 0.6 is 15.9 Å². The third-order valence-corrected chi connectivity index (χ3v) is 6.24. The van der Waals surface area contributed by atoms with Gasteiger partial charge in [-0.1, -0.05) is 104 Å². The molecule has 4 aromatic rings. The molecule has 3 aromatic carbocycles. The number of halogens is 1. The zero-order chi connectivity index (χ0) is 21.3. The molecule has 1 heterocycles. The van der Waals surface area contributed by atoms with Crippen LogP contribution in [0.2, 0.25) is 0 Å². The first-order valence-electron chi connectivity index (χ1n) is 10.5. The molecule has 152 valence electrons. The molecule has 3 heteroatoms. The second-order valence-electron chi connectivity index (χ2n) is 8.27. The molecule has 0 aliphatic carbocycles. The number of benzene rings is 3. The molecule has 0 saturated carbocycles. The van der Waals surface area contributed by atoms with Crippen LogP contribution in [-0.4, -0.2) is 9.55 Å². The summed E-state index contributed by atoms with van der Waals surface area (Å²) in [5.74, 6) is 1.85. The van der Waals surface area contributed by atoms with E-state index in [1.807, 2.05) is 12.3 Å². The molecule has 0 radical (unpaired) electrons. The van der Waals surface area contributed by atoms with Crippen molar-refractivity contribution in [3.8, 4) is 28.2 Å². The lowest BCUT2D eigenvalue weighted by Gasteiger charge is -2.21. The van der Waals surface area contributed by atoms with Crippen molar-refractivity contribution in [1.82, 2.24) is 9.55 Å². The first-order chi connectivity index (χ1) is 14.5. The standard InChI is InChI=1S/C27H27BrN2/c1-18(2)22-9-7-10-23(19(3)4)26(22)30-17-16-29-27(30)21-14-12-20(13-15-21)24-8-5-6-11-25(24)28/h5-19H,1-4H3. The zero-order valence-electron chi connectivity index (χ0n) is 17.9. The second kappa shape index (κ2) is 8.61. The molecular formula is C27H27BrN2. The van der Waals surface area contributed by atoms with Gasteiger partial charge in [0.25, 0.3) is 0 Å². The maximum absolute atomic E-state index is 4.74. The van der Waals surface area contributed by atoms with Crippen LogP contribution in [0, 0.1) is 0 Å². The predicted octanol–water partition coefficient (Wildman–Crippen LogP) is 8.22. The minimum atomic E-state index is 0.437. The van der Waals surface area contributed by atoms with E-state index in [0.29, 0.717) is 11.8 Å². The Balaban J connectivity index is 1.81. The number of rotatable bonds is 5. The molecule has 0 N–H and O–H groups in total. The van der Waals surface area contributed by atoms with Crippen molar-refractivity contribution in [3.05, 3.63) is 94.7 Å². The van der Waals surface area contributed by atoms with Crippen LogP contribution in [0.4, 0.5) is 0 Å². The van der Waals surface area contributed by atoms with Crippen molar-refractivity contribution >= 4 is 15.9 Å². The minimum Gasteiger partial charge on any atom is -0.299 e. The van der Waals surface area contributed by atoms with Crippen molar-refractivity contribution in [2.24, 2.45) is 0 Å². The van der Waals surface area contributed by atoms with Crippen LogP contribution in [0.25, 0.3) is 28.2 Å². The summed E-state index contributed by atoms with van der Waals surface area (Å²) in [4.78, 5) is 4.74. The van der Waals surface area contributed by atoms with Crippen LogP contribution < -0.4 is 0 Å². The van der Waals surface area contributed by atoms with Crippen LogP contribution in [-0.2, 0) is 0 Å². The molecule has 2 nitrogen and oxygen atoms in total. The van der Waals surface area contributed by atoms with Crippen molar-refractivity contribution in [2.75, 3.05) is 0 Å². The van der Waals surface area contributed by atoms with E-state index in [9.17, 15) is 0 Å². The average Bonchev–Trinajstić information content (AvgIpc) is 3.23. The van der Waals surface area contributed by atoms with Crippen LogP contribution in [0.15, 0.2) is 83.6 Å². The molecule has 0 atom stereocenters. The van der Waals surface area contributed by atoms with Gasteiger partial charge < -0.3 is 0 Å². The van der Waals surface area contributed by atoms with Crippen LogP contribution in [0.5, 0.6) is 0 Å². The van der Waals surface area contributed by atoms with E-state index < -0.39 is 0 Å². The van der Waals surface area contributed by atoms with Crippen molar-refractivity contribution in [1.29, 1.82) is 0 Å². The summed E-state index contributed by atoms with van der Waals surface area (Å²) in [6, 6.07) is 23.7. The summed E-state index contributed by atoms with van der Waals surface area (Å²) in [5.41, 5.74) is 7.47. The smallest absolute Gasteiger partial charge is 0.144 e. The highest BCUT2D eigenvalue weighted by molar-refractivity contribution is 9.10. The fourth-order valence-electron chi connectivity index (χ4n) is 3.98. The lowest BCUT2D eigenvalue weighted by molar-refractivity contribution is 0.807. The van der Waals surface area contributed by atoms with E-state index in [-0.39, 0.29) is 0 Å². The number of hydrogen-bond donors (Lipinski definition) is 0. The minimum absolute atomic E-state index is 0.437. The van der Waals surface area contributed by atoms with Gasteiger partial charge in [0.05, 0.1) is 5.69 Å². The highest BCUT2D eigenvalue weighted by Crippen LogP contribution is 2.35. The predicted molar refractivity (Wildman–Crippen MR) is 130 cm³/mol. The zero-order valence-corrected chi connectivity index (χ0v) is 19.5. The topological polar surface area (TPSA) is 17.8 Å². The monoisotopic (exact) mass is 458 g/mol. The largest absolute Gasteiger partial charge is 0.299 e. The molecule has 0 aliphatic heterocycles. The summed E-state index contributed by atoms with van der Waals surface area (Å²) in [5, 5.41) is 0. The molecule has 0 fully saturated rings. The highest BCUT2D eigenvalue weighted by atomic mass is 79.9. The fraction of sp³-hybridized carbons (Fsp3) is 0.222. The van der Waals surface area contributed by atoms with Gasteiger partial charge in [0, 0.05) is 22.4 Å². The Morgan fingerprint density at radius 1 is 0.733 bits per heavy atom. The lowest BCUT2D eigenvalue weighted by atomic mass is 9.92. The van der Waals surface area contributed by atoms with Gasteiger partial charge in [0.2, 0.25) is 0 Å². The molecular weight excluding hydrogens is 432 g/mol. The summed E-state index contributed by atoms with van der Waals surface area (Å²) in [7, 11) is 0. The summed E-state index contributed by atoms with van der Waals surface area (Å²) in [6.07, 6.45) is 3.99. The molecule has 1 aromatic heterocycles. The van der Waals surface area contributed by atoms with E-state index >= 15 is 0 Å². The summed E-state index contributed by atoms with van der Waals surface area (Å²) < 4.78 is 3.37. The Labute approximate surface area is 187 Å². The average molecular weight is 459 g/mol.